The lowest BCUT2D eigenvalue weighted by Crippen LogP contribution is -2.37. The van der Waals surface area contributed by atoms with E-state index in [1.807, 2.05) is 30.3 Å². The first-order valence-corrected chi connectivity index (χ1v) is 10.8. The summed E-state index contributed by atoms with van der Waals surface area (Å²) in [4.78, 5) is 25.8. The van der Waals surface area contributed by atoms with Crippen molar-refractivity contribution in [2.45, 2.75) is 45.3 Å². The zero-order valence-electron chi connectivity index (χ0n) is 19.4. The average Bonchev–Trinajstić information content (AvgIpc) is 2.77. The van der Waals surface area contributed by atoms with E-state index in [0.29, 0.717) is 18.7 Å². The molecule has 3 rings (SSSR count). The second-order valence-corrected chi connectivity index (χ2v) is 8.81. The molecule has 1 heterocycles. The van der Waals surface area contributed by atoms with Gasteiger partial charge in [-0.05, 0) is 51.8 Å². The summed E-state index contributed by atoms with van der Waals surface area (Å²) >= 11 is 0. The van der Waals surface area contributed by atoms with E-state index in [9.17, 15) is 14.9 Å². The second kappa shape index (κ2) is 10.4. The van der Waals surface area contributed by atoms with Crippen molar-refractivity contribution in [2.24, 2.45) is 0 Å². The molecule has 0 spiro atoms. The number of carbonyl (C=O) groups is 1. The maximum absolute atomic E-state index is 12.4. The Morgan fingerprint density at radius 3 is 2.39 bits per heavy atom. The van der Waals surface area contributed by atoms with Gasteiger partial charge in [0.2, 0.25) is 0 Å². The van der Waals surface area contributed by atoms with E-state index in [2.05, 4.69) is 22.1 Å². The van der Waals surface area contributed by atoms with E-state index >= 15 is 0 Å². The van der Waals surface area contributed by atoms with Crippen LogP contribution >= 0.6 is 0 Å². The van der Waals surface area contributed by atoms with Gasteiger partial charge in [-0.15, -0.1) is 0 Å². The molecule has 0 aliphatic carbocycles. The molecule has 1 saturated heterocycles. The Morgan fingerprint density at radius 1 is 1.15 bits per heavy atom. The van der Waals surface area contributed by atoms with E-state index in [0.717, 1.165) is 24.1 Å². The summed E-state index contributed by atoms with van der Waals surface area (Å²) in [6.45, 7) is 6.61. The van der Waals surface area contributed by atoms with Gasteiger partial charge in [0.1, 0.15) is 11.3 Å². The highest BCUT2D eigenvalue weighted by Crippen LogP contribution is 2.35. The van der Waals surface area contributed by atoms with Gasteiger partial charge in [0.25, 0.3) is 5.69 Å². The number of carbonyl (C=O) groups excluding carboxylic acids is 1. The normalized spacial score (nSPS) is 14.2. The summed E-state index contributed by atoms with van der Waals surface area (Å²) in [7, 11) is 1.70. The van der Waals surface area contributed by atoms with Crippen LogP contribution in [-0.4, -0.2) is 42.9 Å². The number of nitro benzene ring substituents is 1. The third-order valence-electron chi connectivity index (χ3n) is 5.18. The number of nitrogens with zero attached hydrogens (tertiary/aromatic N) is 2. The van der Waals surface area contributed by atoms with Gasteiger partial charge in [-0.3, -0.25) is 15.4 Å². The fourth-order valence-electron chi connectivity index (χ4n) is 3.60. The van der Waals surface area contributed by atoms with Crippen LogP contribution in [0.5, 0.6) is 0 Å². The highest BCUT2D eigenvalue weighted by atomic mass is 16.6. The number of hydrogen-bond donors (Lipinski definition) is 1. The van der Waals surface area contributed by atoms with Gasteiger partial charge in [-0.1, -0.05) is 30.0 Å². The fraction of sp³-hybridized carbons (Fsp3) is 0.400. The number of nitro groups is 1. The van der Waals surface area contributed by atoms with E-state index in [4.69, 9.17) is 9.47 Å². The van der Waals surface area contributed by atoms with Crippen LogP contribution in [0.3, 0.4) is 0 Å². The van der Waals surface area contributed by atoms with Gasteiger partial charge in [0.05, 0.1) is 22.3 Å². The number of benzene rings is 2. The molecule has 0 atom stereocenters. The van der Waals surface area contributed by atoms with Crippen molar-refractivity contribution in [1.82, 2.24) is 0 Å². The molecule has 0 aromatic heterocycles. The van der Waals surface area contributed by atoms with Crippen LogP contribution in [0.25, 0.3) is 0 Å². The van der Waals surface area contributed by atoms with Gasteiger partial charge in [-0.25, -0.2) is 4.79 Å². The lowest BCUT2D eigenvalue weighted by Gasteiger charge is -2.33. The van der Waals surface area contributed by atoms with E-state index in [1.54, 1.807) is 33.9 Å². The summed E-state index contributed by atoms with van der Waals surface area (Å²) < 4.78 is 10.8. The third kappa shape index (κ3) is 6.70. The SMILES string of the molecule is COC1CCN(c2cc(NC(=O)OC(C)(C)C)c([N+](=O)[O-])cc2C#Cc2ccccc2)CC1. The Kier molecular flexibility index (Phi) is 7.56. The van der Waals surface area contributed by atoms with Crippen molar-refractivity contribution in [3.8, 4) is 11.8 Å². The van der Waals surface area contributed by atoms with Crippen LogP contribution in [-0.2, 0) is 9.47 Å². The molecule has 0 saturated carbocycles. The molecule has 8 nitrogen and oxygen atoms in total. The first kappa shape index (κ1) is 24.1. The Balaban J connectivity index is 2.03. The summed E-state index contributed by atoms with van der Waals surface area (Å²) in [5.41, 5.74) is 1.16. The monoisotopic (exact) mass is 451 g/mol. The topological polar surface area (TPSA) is 93.9 Å². The molecule has 1 aliphatic rings. The Bertz CT molecular complexity index is 1060. The highest BCUT2D eigenvalue weighted by molar-refractivity contribution is 5.90. The number of rotatable bonds is 4. The molecule has 1 fully saturated rings. The van der Waals surface area contributed by atoms with Gasteiger partial charge in [0, 0.05) is 31.8 Å². The fourth-order valence-corrected chi connectivity index (χ4v) is 3.60. The van der Waals surface area contributed by atoms with Gasteiger partial charge >= 0.3 is 6.09 Å². The molecular weight excluding hydrogens is 422 g/mol. The average molecular weight is 452 g/mol. The molecule has 174 valence electrons. The first-order valence-electron chi connectivity index (χ1n) is 10.8. The van der Waals surface area contributed by atoms with Gasteiger partial charge < -0.3 is 14.4 Å². The van der Waals surface area contributed by atoms with Crippen molar-refractivity contribution in [1.29, 1.82) is 0 Å². The highest BCUT2D eigenvalue weighted by Gasteiger charge is 2.26. The quantitative estimate of drug-likeness (QED) is 0.401. The van der Waals surface area contributed by atoms with Crippen molar-refractivity contribution >= 4 is 23.2 Å². The van der Waals surface area contributed by atoms with Crippen LogP contribution in [0.1, 0.15) is 44.7 Å². The molecule has 0 unspecified atom stereocenters. The lowest BCUT2D eigenvalue weighted by atomic mass is 10.0. The Morgan fingerprint density at radius 2 is 1.82 bits per heavy atom. The first-order chi connectivity index (χ1) is 15.7. The maximum atomic E-state index is 12.4. The minimum Gasteiger partial charge on any atom is -0.444 e. The van der Waals surface area contributed by atoms with E-state index in [-0.39, 0.29) is 17.5 Å². The molecular formula is C25H29N3O5. The number of anilines is 2. The standard InChI is InChI=1S/C25H29N3O5/c1-25(2,3)33-24(29)26-21-17-22(27-14-12-20(32-4)13-15-27)19(16-23(21)28(30)31)11-10-18-8-6-5-7-9-18/h5-9,16-17,20H,12-15H2,1-4H3,(H,26,29). The Hall–Kier alpha value is -3.57. The molecule has 8 heteroatoms. The smallest absolute Gasteiger partial charge is 0.412 e. The zero-order valence-corrected chi connectivity index (χ0v) is 19.4. The van der Waals surface area contributed by atoms with Crippen LogP contribution in [0.2, 0.25) is 0 Å². The largest absolute Gasteiger partial charge is 0.444 e. The number of piperidine rings is 1. The summed E-state index contributed by atoms with van der Waals surface area (Å²) in [6, 6.07) is 12.5. The van der Waals surface area contributed by atoms with Gasteiger partial charge in [0.15, 0.2) is 0 Å². The van der Waals surface area contributed by atoms with Crippen LogP contribution in [0, 0.1) is 22.0 Å². The number of hydrogen-bond acceptors (Lipinski definition) is 6. The summed E-state index contributed by atoms with van der Waals surface area (Å²) in [5, 5.41) is 14.4. The lowest BCUT2D eigenvalue weighted by molar-refractivity contribution is -0.383. The predicted octanol–water partition coefficient (Wildman–Crippen LogP) is 4.96. The molecule has 2 aromatic carbocycles. The zero-order chi connectivity index (χ0) is 24.0. The third-order valence-corrected chi connectivity index (χ3v) is 5.18. The summed E-state index contributed by atoms with van der Waals surface area (Å²) in [6.07, 6.45) is 1.08. The number of amides is 1. The predicted molar refractivity (Wildman–Crippen MR) is 128 cm³/mol. The van der Waals surface area contributed by atoms with E-state index < -0.39 is 16.6 Å². The molecule has 1 N–H and O–H groups in total. The van der Waals surface area contributed by atoms with Crippen LogP contribution in [0.15, 0.2) is 42.5 Å². The van der Waals surface area contributed by atoms with Gasteiger partial charge in [-0.2, -0.15) is 0 Å². The van der Waals surface area contributed by atoms with Crippen molar-refractivity contribution in [3.63, 3.8) is 0 Å². The van der Waals surface area contributed by atoms with Crippen molar-refractivity contribution in [2.75, 3.05) is 30.4 Å². The number of nitrogens with one attached hydrogen (secondary N) is 1. The molecule has 33 heavy (non-hydrogen) atoms. The molecule has 1 aliphatic heterocycles. The molecule has 1 amide bonds. The van der Waals surface area contributed by atoms with Crippen molar-refractivity contribution in [3.05, 3.63) is 63.7 Å². The minimum atomic E-state index is -0.752. The molecule has 0 radical (unpaired) electrons. The van der Waals surface area contributed by atoms with Crippen LogP contribution in [0.4, 0.5) is 21.9 Å². The number of ether oxygens (including phenoxy) is 2. The maximum Gasteiger partial charge on any atom is 0.412 e. The molecule has 2 aromatic rings. The Labute approximate surface area is 194 Å². The molecule has 0 bridgehead atoms. The number of methoxy groups -OCH3 is 1. The summed E-state index contributed by atoms with van der Waals surface area (Å²) in [5.74, 6) is 6.18. The second-order valence-electron chi connectivity index (χ2n) is 8.81. The van der Waals surface area contributed by atoms with E-state index in [1.165, 1.54) is 6.07 Å². The van der Waals surface area contributed by atoms with Crippen molar-refractivity contribution < 1.29 is 19.2 Å². The van der Waals surface area contributed by atoms with Crippen LogP contribution < -0.4 is 10.2 Å². The minimum absolute atomic E-state index is 0.0726.